The van der Waals surface area contributed by atoms with Crippen molar-refractivity contribution in [3.8, 4) is 22.9 Å². The molecule has 0 radical (unpaired) electrons. The molecule has 1 amide bonds. The number of rotatable bonds is 4. The molecule has 8 nitrogen and oxygen atoms in total. The molecule has 0 bridgehead atoms. The average Bonchev–Trinajstić information content (AvgIpc) is 3.43. The van der Waals surface area contributed by atoms with E-state index in [0.717, 1.165) is 29.9 Å². The third-order valence-electron chi connectivity index (χ3n) is 5.34. The summed E-state index contributed by atoms with van der Waals surface area (Å²) in [5.74, 6) is 1.27. The van der Waals surface area contributed by atoms with Gasteiger partial charge in [-0.15, -0.1) is 10.2 Å². The maximum absolute atomic E-state index is 13.4. The number of amides is 1. The van der Waals surface area contributed by atoms with Crippen LogP contribution in [0.2, 0.25) is 0 Å². The molecular formula is C21H20FN5O3. The van der Waals surface area contributed by atoms with Crippen molar-refractivity contribution in [2.75, 3.05) is 19.8 Å². The Morgan fingerprint density at radius 1 is 1.13 bits per heavy atom. The maximum atomic E-state index is 13.4. The maximum Gasteiger partial charge on any atom is 0.246 e. The third-order valence-corrected chi connectivity index (χ3v) is 5.34. The zero-order valence-electron chi connectivity index (χ0n) is 16.2. The average molecular weight is 409 g/mol. The van der Waals surface area contributed by atoms with Crippen LogP contribution in [0, 0.1) is 5.82 Å². The molecular weight excluding hydrogens is 389 g/mol. The summed E-state index contributed by atoms with van der Waals surface area (Å²) >= 11 is 0. The zero-order chi connectivity index (χ0) is 20.5. The van der Waals surface area contributed by atoms with Crippen molar-refractivity contribution >= 4 is 5.91 Å². The Kier molecular flexibility index (Phi) is 4.78. The SMILES string of the molecule is O=C(Cn1nnc(-c2cccc(F)c2)n1)N1CCCC1c1ccc2c(c1)OCCO2. The number of hydrogen-bond donors (Lipinski definition) is 0. The highest BCUT2D eigenvalue weighted by Gasteiger charge is 2.31. The molecule has 2 aliphatic rings. The number of benzene rings is 2. The number of nitrogens with zero attached hydrogens (tertiary/aromatic N) is 5. The lowest BCUT2D eigenvalue weighted by Gasteiger charge is -2.26. The largest absolute Gasteiger partial charge is 0.486 e. The molecule has 3 aromatic rings. The van der Waals surface area contributed by atoms with Crippen LogP contribution >= 0.6 is 0 Å². The Labute approximate surface area is 172 Å². The van der Waals surface area contributed by atoms with Gasteiger partial charge in [0.2, 0.25) is 11.7 Å². The zero-order valence-corrected chi connectivity index (χ0v) is 16.2. The van der Waals surface area contributed by atoms with E-state index < -0.39 is 0 Å². The van der Waals surface area contributed by atoms with Crippen molar-refractivity contribution in [3.63, 3.8) is 0 Å². The second kappa shape index (κ2) is 7.74. The van der Waals surface area contributed by atoms with Gasteiger partial charge in [0.05, 0.1) is 6.04 Å². The minimum atomic E-state index is -0.376. The van der Waals surface area contributed by atoms with Gasteiger partial charge in [-0.3, -0.25) is 4.79 Å². The molecule has 1 unspecified atom stereocenters. The first-order valence-electron chi connectivity index (χ1n) is 9.90. The Hall–Kier alpha value is -3.49. The topological polar surface area (TPSA) is 82.4 Å². The predicted octanol–water partition coefficient (Wildman–Crippen LogP) is 2.61. The van der Waals surface area contributed by atoms with Gasteiger partial charge in [0, 0.05) is 12.1 Å². The van der Waals surface area contributed by atoms with E-state index in [1.165, 1.54) is 16.9 Å². The van der Waals surface area contributed by atoms with E-state index in [2.05, 4.69) is 15.4 Å². The molecule has 5 rings (SSSR count). The summed E-state index contributed by atoms with van der Waals surface area (Å²) in [4.78, 5) is 16.1. The normalized spacial score (nSPS) is 17.9. The highest BCUT2D eigenvalue weighted by Crippen LogP contribution is 2.38. The van der Waals surface area contributed by atoms with Crippen LogP contribution in [-0.4, -0.2) is 50.8 Å². The van der Waals surface area contributed by atoms with Crippen LogP contribution in [0.3, 0.4) is 0 Å². The van der Waals surface area contributed by atoms with Crippen molar-refractivity contribution in [1.29, 1.82) is 0 Å². The van der Waals surface area contributed by atoms with Crippen LogP contribution < -0.4 is 9.47 Å². The summed E-state index contributed by atoms with van der Waals surface area (Å²) in [5.41, 5.74) is 1.54. The van der Waals surface area contributed by atoms with Gasteiger partial charge in [-0.1, -0.05) is 18.2 Å². The number of ether oxygens (including phenoxy) is 2. The molecule has 1 aromatic heterocycles. The fourth-order valence-corrected chi connectivity index (χ4v) is 3.94. The van der Waals surface area contributed by atoms with E-state index in [0.29, 0.717) is 25.3 Å². The smallest absolute Gasteiger partial charge is 0.246 e. The van der Waals surface area contributed by atoms with Gasteiger partial charge in [-0.05, 0) is 47.9 Å². The molecule has 0 aliphatic carbocycles. The van der Waals surface area contributed by atoms with Gasteiger partial charge in [0.1, 0.15) is 25.6 Å². The second-order valence-corrected chi connectivity index (χ2v) is 7.30. The van der Waals surface area contributed by atoms with E-state index in [1.54, 1.807) is 12.1 Å². The first-order chi connectivity index (χ1) is 14.7. The summed E-state index contributed by atoms with van der Waals surface area (Å²) in [7, 11) is 0. The van der Waals surface area contributed by atoms with E-state index in [-0.39, 0.29) is 30.1 Å². The minimum absolute atomic E-state index is 0.0244. The number of hydrogen-bond acceptors (Lipinski definition) is 6. The fraction of sp³-hybridized carbons (Fsp3) is 0.333. The first-order valence-corrected chi connectivity index (χ1v) is 9.90. The Bertz CT molecular complexity index is 1090. The number of halogens is 1. The van der Waals surface area contributed by atoms with Crippen molar-refractivity contribution in [2.24, 2.45) is 0 Å². The quantitative estimate of drug-likeness (QED) is 0.659. The van der Waals surface area contributed by atoms with E-state index >= 15 is 0 Å². The standard InChI is InChI=1S/C21H20FN5O3/c22-16-4-1-3-15(11-16)21-23-25-27(24-21)13-20(28)26-8-2-5-17(26)14-6-7-18-19(12-14)30-10-9-29-18/h1,3-4,6-7,11-12,17H,2,5,8-10,13H2. The monoisotopic (exact) mass is 409 g/mol. The van der Waals surface area contributed by atoms with Crippen molar-refractivity contribution in [2.45, 2.75) is 25.4 Å². The summed E-state index contributed by atoms with van der Waals surface area (Å²) < 4.78 is 24.7. The molecule has 0 spiro atoms. The molecule has 1 saturated heterocycles. The molecule has 0 saturated carbocycles. The Morgan fingerprint density at radius 3 is 2.87 bits per heavy atom. The number of tetrazole rings is 1. The molecule has 154 valence electrons. The highest BCUT2D eigenvalue weighted by molar-refractivity contribution is 5.76. The number of fused-ring (bicyclic) bond motifs is 1. The van der Waals surface area contributed by atoms with E-state index in [1.807, 2.05) is 23.1 Å². The van der Waals surface area contributed by atoms with Crippen LogP contribution in [0.15, 0.2) is 42.5 Å². The third kappa shape index (κ3) is 3.58. The molecule has 9 heteroatoms. The molecule has 0 N–H and O–H groups in total. The first kappa shape index (κ1) is 18.5. The van der Waals surface area contributed by atoms with Gasteiger partial charge < -0.3 is 14.4 Å². The molecule has 3 heterocycles. The molecule has 1 atom stereocenters. The molecule has 2 aliphatic heterocycles. The summed E-state index contributed by atoms with van der Waals surface area (Å²) in [6.07, 6.45) is 1.80. The second-order valence-electron chi connectivity index (χ2n) is 7.30. The van der Waals surface area contributed by atoms with Crippen LogP contribution in [0.5, 0.6) is 11.5 Å². The van der Waals surface area contributed by atoms with E-state index in [4.69, 9.17) is 9.47 Å². The van der Waals surface area contributed by atoms with Crippen molar-refractivity contribution in [1.82, 2.24) is 25.1 Å². The Balaban J connectivity index is 1.31. The lowest BCUT2D eigenvalue weighted by molar-refractivity contribution is -0.133. The van der Waals surface area contributed by atoms with Crippen LogP contribution in [-0.2, 0) is 11.3 Å². The Morgan fingerprint density at radius 2 is 2.00 bits per heavy atom. The number of aromatic nitrogens is 4. The van der Waals surface area contributed by atoms with Gasteiger partial charge in [0.15, 0.2) is 11.5 Å². The molecule has 30 heavy (non-hydrogen) atoms. The van der Waals surface area contributed by atoms with Gasteiger partial charge in [0.25, 0.3) is 0 Å². The van der Waals surface area contributed by atoms with Gasteiger partial charge >= 0.3 is 0 Å². The summed E-state index contributed by atoms with van der Waals surface area (Å²) in [6.45, 7) is 1.71. The lowest BCUT2D eigenvalue weighted by atomic mass is 10.0. The van der Waals surface area contributed by atoms with Crippen LogP contribution in [0.4, 0.5) is 4.39 Å². The number of carbonyl (C=O) groups is 1. The van der Waals surface area contributed by atoms with Crippen LogP contribution in [0.1, 0.15) is 24.4 Å². The number of likely N-dealkylation sites (tertiary alicyclic amines) is 1. The van der Waals surface area contributed by atoms with Crippen LogP contribution in [0.25, 0.3) is 11.4 Å². The number of carbonyl (C=O) groups excluding carboxylic acids is 1. The van der Waals surface area contributed by atoms with E-state index in [9.17, 15) is 9.18 Å². The highest BCUT2D eigenvalue weighted by atomic mass is 19.1. The van der Waals surface area contributed by atoms with Crippen molar-refractivity contribution in [3.05, 3.63) is 53.8 Å². The predicted molar refractivity (Wildman–Crippen MR) is 104 cm³/mol. The fourth-order valence-electron chi connectivity index (χ4n) is 3.94. The van der Waals surface area contributed by atoms with Crippen molar-refractivity contribution < 1.29 is 18.7 Å². The molecule has 1 fully saturated rings. The van der Waals surface area contributed by atoms with Gasteiger partial charge in [-0.2, -0.15) is 4.80 Å². The minimum Gasteiger partial charge on any atom is -0.486 e. The lowest BCUT2D eigenvalue weighted by Crippen LogP contribution is -2.34. The summed E-state index contributed by atoms with van der Waals surface area (Å²) in [6, 6.07) is 11.8. The summed E-state index contributed by atoms with van der Waals surface area (Å²) in [5, 5.41) is 12.1. The van der Waals surface area contributed by atoms with Gasteiger partial charge in [-0.25, -0.2) is 4.39 Å². The molecule has 2 aromatic carbocycles.